The van der Waals surface area contributed by atoms with Crippen molar-refractivity contribution in [1.29, 1.82) is 0 Å². The molecule has 1 aliphatic rings. The maximum atomic E-state index is 12.0. The lowest BCUT2D eigenvalue weighted by Crippen LogP contribution is -2.47. The molecule has 2 N–H and O–H groups in total. The van der Waals surface area contributed by atoms with Gasteiger partial charge in [-0.3, -0.25) is 4.79 Å². The molecule has 1 unspecified atom stereocenters. The number of nitrogens with one attached hydrogen (secondary N) is 2. The van der Waals surface area contributed by atoms with Crippen molar-refractivity contribution in [2.75, 3.05) is 20.2 Å². The van der Waals surface area contributed by atoms with Crippen molar-refractivity contribution in [2.45, 2.75) is 38.6 Å². The van der Waals surface area contributed by atoms with Gasteiger partial charge in [0.05, 0.1) is 13.2 Å². The van der Waals surface area contributed by atoms with E-state index >= 15 is 0 Å². The van der Waals surface area contributed by atoms with Crippen LogP contribution in [0.4, 0.5) is 0 Å². The number of carbonyl (C=O) groups is 1. The van der Waals surface area contributed by atoms with Crippen LogP contribution < -0.4 is 15.4 Å². The molecular weight excluding hydrogens is 288 g/mol. The Morgan fingerprint density at radius 1 is 1.43 bits per heavy atom. The van der Waals surface area contributed by atoms with E-state index in [2.05, 4.69) is 23.6 Å². The number of halogens is 1. The van der Waals surface area contributed by atoms with E-state index in [-0.39, 0.29) is 24.4 Å². The topological polar surface area (TPSA) is 50.4 Å². The first-order valence-electron chi connectivity index (χ1n) is 7.35. The molecule has 0 aromatic heterocycles. The van der Waals surface area contributed by atoms with Gasteiger partial charge in [-0.1, -0.05) is 24.1 Å². The van der Waals surface area contributed by atoms with E-state index in [4.69, 9.17) is 4.74 Å². The number of ether oxygens (including phenoxy) is 1. The number of piperidine rings is 1. The fraction of sp³-hybridized carbons (Fsp3) is 0.562. The highest BCUT2D eigenvalue weighted by Crippen LogP contribution is 2.19. The summed E-state index contributed by atoms with van der Waals surface area (Å²) in [6, 6.07) is 6.12. The average molecular weight is 313 g/mol. The number of hydrogen-bond acceptors (Lipinski definition) is 3. The van der Waals surface area contributed by atoms with E-state index in [1.807, 2.05) is 12.1 Å². The van der Waals surface area contributed by atoms with Gasteiger partial charge in [0.1, 0.15) is 5.75 Å². The second-order valence-electron chi connectivity index (χ2n) is 5.36. The third-order valence-corrected chi connectivity index (χ3v) is 3.76. The van der Waals surface area contributed by atoms with Crippen LogP contribution in [0.5, 0.6) is 5.75 Å². The largest absolute Gasteiger partial charge is 0.496 e. The summed E-state index contributed by atoms with van der Waals surface area (Å²) in [6.07, 6.45) is 4.05. The fourth-order valence-corrected chi connectivity index (χ4v) is 2.62. The lowest BCUT2D eigenvalue weighted by Gasteiger charge is -2.22. The second kappa shape index (κ2) is 8.90. The highest BCUT2D eigenvalue weighted by Gasteiger charge is 2.19. The average Bonchev–Trinajstić information content (AvgIpc) is 2.48. The molecule has 21 heavy (non-hydrogen) atoms. The monoisotopic (exact) mass is 312 g/mol. The molecule has 1 aromatic carbocycles. The van der Waals surface area contributed by atoms with Gasteiger partial charge in [-0.25, -0.2) is 0 Å². The molecular formula is C16H25ClN2O2. The number of methoxy groups -OCH3 is 1. The summed E-state index contributed by atoms with van der Waals surface area (Å²) in [4.78, 5) is 12.0. The molecule has 1 aromatic rings. The minimum absolute atomic E-state index is 0. The van der Waals surface area contributed by atoms with Gasteiger partial charge in [-0.15, -0.1) is 12.4 Å². The van der Waals surface area contributed by atoms with Crippen LogP contribution in [0.25, 0.3) is 0 Å². The Balaban J connectivity index is 0.00000220. The van der Waals surface area contributed by atoms with E-state index in [1.54, 1.807) is 7.11 Å². The van der Waals surface area contributed by atoms with Crippen LogP contribution in [0.15, 0.2) is 18.2 Å². The summed E-state index contributed by atoms with van der Waals surface area (Å²) in [7, 11) is 1.68. The van der Waals surface area contributed by atoms with Crippen molar-refractivity contribution < 1.29 is 9.53 Å². The maximum Gasteiger partial charge on any atom is 0.237 e. The number of aryl methyl sites for hydroxylation is 1. The number of benzene rings is 1. The Hall–Kier alpha value is -1.26. The smallest absolute Gasteiger partial charge is 0.237 e. The Bertz CT molecular complexity index is 460. The Kier molecular flexibility index (Phi) is 7.54. The van der Waals surface area contributed by atoms with Crippen LogP contribution in [-0.4, -0.2) is 32.1 Å². The van der Waals surface area contributed by atoms with Crippen LogP contribution in [0, 0.1) is 6.92 Å². The second-order valence-corrected chi connectivity index (χ2v) is 5.36. The van der Waals surface area contributed by atoms with E-state index in [0.717, 1.165) is 37.1 Å². The Morgan fingerprint density at radius 2 is 2.24 bits per heavy atom. The molecule has 118 valence electrons. The van der Waals surface area contributed by atoms with Crippen LogP contribution in [0.2, 0.25) is 0 Å². The number of rotatable bonds is 5. The molecule has 1 heterocycles. The molecule has 1 aliphatic heterocycles. The van der Waals surface area contributed by atoms with E-state index in [1.165, 1.54) is 12.0 Å². The van der Waals surface area contributed by atoms with Gasteiger partial charge in [0, 0.05) is 6.54 Å². The molecule has 1 saturated heterocycles. The first-order chi connectivity index (χ1) is 9.70. The predicted octanol–water partition coefficient (Wildman–Crippen LogP) is 2.23. The van der Waals surface area contributed by atoms with Crippen LogP contribution >= 0.6 is 12.4 Å². The van der Waals surface area contributed by atoms with Crippen LogP contribution in [-0.2, 0) is 11.2 Å². The molecule has 2 rings (SSSR count). The van der Waals surface area contributed by atoms with Crippen molar-refractivity contribution in [3.05, 3.63) is 29.3 Å². The summed E-state index contributed by atoms with van der Waals surface area (Å²) in [5.74, 6) is 1.01. The third kappa shape index (κ3) is 5.21. The van der Waals surface area contributed by atoms with E-state index < -0.39 is 0 Å². The van der Waals surface area contributed by atoms with Crippen molar-refractivity contribution in [3.8, 4) is 5.75 Å². The normalized spacial score (nSPS) is 17.7. The first kappa shape index (κ1) is 17.8. The van der Waals surface area contributed by atoms with Crippen molar-refractivity contribution in [1.82, 2.24) is 10.6 Å². The van der Waals surface area contributed by atoms with Gasteiger partial charge in [0.15, 0.2) is 0 Å². The van der Waals surface area contributed by atoms with Gasteiger partial charge < -0.3 is 15.4 Å². The third-order valence-electron chi connectivity index (χ3n) is 3.76. The molecule has 0 bridgehead atoms. The molecule has 1 amide bonds. The molecule has 0 saturated carbocycles. The molecule has 1 fully saturated rings. The van der Waals surface area contributed by atoms with Gasteiger partial charge in [-0.05, 0) is 44.4 Å². The first-order valence-corrected chi connectivity index (χ1v) is 7.35. The summed E-state index contributed by atoms with van der Waals surface area (Å²) < 4.78 is 5.35. The lowest BCUT2D eigenvalue weighted by molar-refractivity contribution is -0.123. The fourth-order valence-electron chi connectivity index (χ4n) is 2.62. The predicted molar refractivity (Wildman–Crippen MR) is 87.3 cm³/mol. The zero-order valence-corrected chi connectivity index (χ0v) is 13.6. The molecule has 1 atom stereocenters. The number of amides is 1. The highest BCUT2D eigenvalue weighted by molar-refractivity contribution is 5.85. The summed E-state index contributed by atoms with van der Waals surface area (Å²) in [5.41, 5.74) is 2.35. The summed E-state index contributed by atoms with van der Waals surface area (Å²) >= 11 is 0. The lowest BCUT2D eigenvalue weighted by atomic mass is 10.0. The van der Waals surface area contributed by atoms with Crippen LogP contribution in [0.1, 0.15) is 30.4 Å². The van der Waals surface area contributed by atoms with E-state index in [9.17, 15) is 4.79 Å². The van der Waals surface area contributed by atoms with Gasteiger partial charge in [0.25, 0.3) is 0 Å². The summed E-state index contributed by atoms with van der Waals surface area (Å²) in [6.45, 7) is 3.66. The minimum Gasteiger partial charge on any atom is -0.496 e. The molecule has 0 radical (unpaired) electrons. The molecule has 0 aliphatic carbocycles. The van der Waals surface area contributed by atoms with Crippen molar-refractivity contribution >= 4 is 18.3 Å². The van der Waals surface area contributed by atoms with Gasteiger partial charge >= 0.3 is 0 Å². The number of carbonyl (C=O) groups excluding carboxylic acids is 1. The van der Waals surface area contributed by atoms with Gasteiger partial charge in [0.2, 0.25) is 5.91 Å². The zero-order valence-electron chi connectivity index (χ0n) is 12.8. The zero-order chi connectivity index (χ0) is 14.4. The SMILES string of the molecule is COc1ccc(C)cc1CCNC(=O)C1CCCCN1.Cl. The Labute approximate surface area is 133 Å². The van der Waals surface area contributed by atoms with Crippen LogP contribution in [0.3, 0.4) is 0 Å². The number of hydrogen-bond donors (Lipinski definition) is 2. The van der Waals surface area contributed by atoms with Gasteiger partial charge in [-0.2, -0.15) is 0 Å². The maximum absolute atomic E-state index is 12.0. The summed E-state index contributed by atoms with van der Waals surface area (Å²) in [5, 5.41) is 6.28. The van der Waals surface area contributed by atoms with Crippen molar-refractivity contribution in [3.63, 3.8) is 0 Å². The Morgan fingerprint density at radius 3 is 2.90 bits per heavy atom. The standard InChI is InChI=1S/C16H24N2O2.ClH/c1-12-6-7-15(20-2)13(11-12)8-10-18-16(19)14-5-3-4-9-17-14;/h6-7,11,14,17H,3-5,8-10H2,1-2H3,(H,18,19);1H. The molecule has 0 spiro atoms. The minimum atomic E-state index is -0.0110. The van der Waals surface area contributed by atoms with E-state index in [0.29, 0.717) is 6.54 Å². The quantitative estimate of drug-likeness (QED) is 0.876. The van der Waals surface area contributed by atoms with Crippen molar-refractivity contribution in [2.24, 2.45) is 0 Å². The molecule has 5 heteroatoms. The highest BCUT2D eigenvalue weighted by atomic mass is 35.5. The molecule has 4 nitrogen and oxygen atoms in total.